The molecule has 0 aliphatic rings. The largest absolute Gasteiger partial charge is 0.381 e. The third-order valence-corrected chi connectivity index (χ3v) is 2.21. The molecule has 0 saturated heterocycles. The van der Waals surface area contributed by atoms with E-state index in [4.69, 9.17) is 5.73 Å². The van der Waals surface area contributed by atoms with Crippen LogP contribution in [0, 0.1) is 0 Å². The lowest BCUT2D eigenvalue weighted by Gasteiger charge is -2.12. The minimum atomic E-state index is 0.287. The summed E-state index contributed by atoms with van der Waals surface area (Å²) in [6.45, 7) is 2.68. The van der Waals surface area contributed by atoms with Gasteiger partial charge in [-0.3, -0.25) is 5.10 Å². The summed E-state index contributed by atoms with van der Waals surface area (Å²) in [5.41, 5.74) is 7.64. The Hall–Kier alpha value is -1.55. The lowest BCUT2D eigenvalue weighted by molar-refractivity contribution is 0.804. The molecule has 2 rings (SSSR count). The summed E-state index contributed by atoms with van der Waals surface area (Å²) >= 11 is 0. The van der Waals surface area contributed by atoms with Crippen LogP contribution < -0.4 is 11.1 Å². The first-order valence-corrected chi connectivity index (χ1v) is 4.69. The predicted octanol–water partition coefficient (Wildman–Crippen LogP) is 1.32. The molecular weight excluding hydrogens is 176 g/mol. The highest BCUT2D eigenvalue weighted by atomic mass is 15.1. The summed E-state index contributed by atoms with van der Waals surface area (Å²) in [6, 6.07) is 6.39. The standard InChI is InChI=1S/C10H14N4/c1-7(5-11)13-9-3-2-8-6-12-14-10(8)4-9/h2-4,6-7,13H,5,11H2,1H3,(H,12,14). The summed E-state index contributed by atoms with van der Waals surface area (Å²) in [6.07, 6.45) is 1.81. The van der Waals surface area contributed by atoms with E-state index in [0.29, 0.717) is 6.54 Å². The molecule has 4 nitrogen and oxygen atoms in total. The molecule has 0 amide bonds. The molecule has 0 spiro atoms. The number of nitrogens with one attached hydrogen (secondary N) is 2. The molecule has 0 aliphatic carbocycles. The van der Waals surface area contributed by atoms with E-state index in [1.807, 2.05) is 24.4 Å². The Kier molecular flexibility index (Phi) is 2.37. The van der Waals surface area contributed by atoms with Crippen molar-refractivity contribution in [3.05, 3.63) is 24.4 Å². The Labute approximate surface area is 82.5 Å². The van der Waals surface area contributed by atoms with Gasteiger partial charge in [-0.1, -0.05) is 0 Å². The van der Waals surface area contributed by atoms with Gasteiger partial charge in [0.1, 0.15) is 0 Å². The number of aromatic amines is 1. The van der Waals surface area contributed by atoms with Crippen molar-refractivity contribution in [2.75, 3.05) is 11.9 Å². The molecule has 74 valence electrons. The third-order valence-electron chi connectivity index (χ3n) is 2.21. The highest BCUT2D eigenvalue weighted by Crippen LogP contribution is 2.16. The Morgan fingerprint density at radius 1 is 1.57 bits per heavy atom. The zero-order valence-corrected chi connectivity index (χ0v) is 8.12. The molecule has 2 aromatic rings. The molecule has 4 N–H and O–H groups in total. The highest BCUT2D eigenvalue weighted by molar-refractivity contribution is 5.81. The van der Waals surface area contributed by atoms with E-state index in [-0.39, 0.29) is 6.04 Å². The number of rotatable bonds is 3. The number of nitrogens with two attached hydrogens (primary N) is 1. The van der Waals surface area contributed by atoms with E-state index >= 15 is 0 Å². The van der Waals surface area contributed by atoms with E-state index in [9.17, 15) is 0 Å². The van der Waals surface area contributed by atoms with Gasteiger partial charge in [-0.25, -0.2) is 0 Å². The normalized spacial score (nSPS) is 13.0. The van der Waals surface area contributed by atoms with Gasteiger partial charge in [-0.05, 0) is 25.1 Å². The van der Waals surface area contributed by atoms with Crippen LogP contribution in [-0.4, -0.2) is 22.8 Å². The Bertz CT molecular complexity index is 421. The van der Waals surface area contributed by atoms with E-state index in [0.717, 1.165) is 16.6 Å². The maximum Gasteiger partial charge on any atom is 0.0670 e. The minimum absolute atomic E-state index is 0.287. The van der Waals surface area contributed by atoms with E-state index in [1.165, 1.54) is 0 Å². The first-order chi connectivity index (χ1) is 6.79. The monoisotopic (exact) mass is 190 g/mol. The SMILES string of the molecule is CC(CN)Nc1ccc2cn[nH]c2c1. The van der Waals surface area contributed by atoms with Crippen molar-refractivity contribution in [2.45, 2.75) is 13.0 Å². The number of hydrogen-bond donors (Lipinski definition) is 3. The van der Waals surface area contributed by atoms with Crippen LogP contribution in [0.4, 0.5) is 5.69 Å². The van der Waals surface area contributed by atoms with E-state index in [2.05, 4.69) is 22.4 Å². The fourth-order valence-corrected chi connectivity index (χ4v) is 1.37. The van der Waals surface area contributed by atoms with Gasteiger partial charge in [-0.2, -0.15) is 5.10 Å². The quantitative estimate of drug-likeness (QED) is 0.683. The second kappa shape index (κ2) is 3.67. The van der Waals surface area contributed by atoms with Crippen molar-refractivity contribution in [1.82, 2.24) is 10.2 Å². The number of H-pyrrole nitrogens is 1. The van der Waals surface area contributed by atoms with Crippen molar-refractivity contribution in [1.29, 1.82) is 0 Å². The number of hydrogen-bond acceptors (Lipinski definition) is 3. The van der Waals surface area contributed by atoms with Gasteiger partial charge in [0.2, 0.25) is 0 Å². The number of anilines is 1. The van der Waals surface area contributed by atoms with Crippen molar-refractivity contribution in [3.63, 3.8) is 0 Å². The lowest BCUT2D eigenvalue weighted by Crippen LogP contribution is -2.24. The molecular formula is C10H14N4. The van der Waals surface area contributed by atoms with Gasteiger partial charge in [0, 0.05) is 23.7 Å². The second-order valence-electron chi connectivity index (χ2n) is 3.45. The van der Waals surface area contributed by atoms with Gasteiger partial charge in [0.25, 0.3) is 0 Å². The van der Waals surface area contributed by atoms with Crippen molar-refractivity contribution >= 4 is 16.6 Å². The third kappa shape index (κ3) is 1.70. The van der Waals surface area contributed by atoms with Gasteiger partial charge >= 0.3 is 0 Å². The molecule has 1 aromatic heterocycles. The van der Waals surface area contributed by atoms with Crippen LogP contribution in [0.1, 0.15) is 6.92 Å². The van der Waals surface area contributed by atoms with Crippen molar-refractivity contribution in [3.8, 4) is 0 Å². The van der Waals surface area contributed by atoms with Crippen LogP contribution in [0.2, 0.25) is 0 Å². The summed E-state index contributed by atoms with van der Waals surface area (Å²) in [4.78, 5) is 0. The zero-order chi connectivity index (χ0) is 9.97. The fourth-order valence-electron chi connectivity index (χ4n) is 1.37. The number of fused-ring (bicyclic) bond motifs is 1. The molecule has 0 fully saturated rings. The molecule has 1 atom stereocenters. The molecule has 1 heterocycles. The summed E-state index contributed by atoms with van der Waals surface area (Å²) in [5, 5.41) is 11.3. The van der Waals surface area contributed by atoms with Gasteiger partial charge in [0.15, 0.2) is 0 Å². The van der Waals surface area contributed by atoms with Crippen LogP contribution in [0.5, 0.6) is 0 Å². The maximum absolute atomic E-state index is 5.53. The first kappa shape index (κ1) is 9.02. The number of nitrogens with zero attached hydrogens (tertiary/aromatic N) is 1. The smallest absolute Gasteiger partial charge is 0.0670 e. The van der Waals surface area contributed by atoms with Crippen molar-refractivity contribution in [2.24, 2.45) is 5.73 Å². The molecule has 4 heteroatoms. The van der Waals surface area contributed by atoms with Gasteiger partial charge in [-0.15, -0.1) is 0 Å². The molecule has 14 heavy (non-hydrogen) atoms. The molecule has 1 unspecified atom stereocenters. The van der Waals surface area contributed by atoms with E-state index < -0.39 is 0 Å². The number of aromatic nitrogens is 2. The first-order valence-electron chi connectivity index (χ1n) is 4.69. The topological polar surface area (TPSA) is 66.7 Å². The highest BCUT2D eigenvalue weighted by Gasteiger charge is 2.00. The van der Waals surface area contributed by atoms with Crippen LogP contribution in [0.3, 0.4) is 0 Å². The Morgan fingerprint density at radius 3 is 3.21 bits per heavy atom. The number of benzene rings is 1. The van der Waals surface area contributed by atoms with Gasteiger partial charge < -0.3 is 11.1 Å². The van der Waals surface area contributed by atoms with Crippen molar-refractivity contribution < 1.29 is 0 Å². The van der Waals surface area contributed by atoms with Crippen LogP contribution in [0.25, 0.3) is 10.9 Å². The average molecular weight is 190 g/mol. The average Bonchev–Trinajstić information content (AvgIpc) is 2.64. The Balaban J connectivity index is 2.25. The maximum atomic E-state index is 5.53. The molecule has 0 bridgehead atoms. The Morgan fingerprint density at radius 2 is 2.43 bits per heavy atom. The van der Waals surface area contributed by atoms with Gasteiger partial charge in [0.05, 0.1) is 11.7 Å². The summed E-state index contributed by atoms with van der Waals surface area (Å²) < 4.78 is 0. The van der Waals surface area contributed by atoms with Crippen LogP contribution in [0.15, 0.2) is 24.4 Å². The summed E-state index contributed by atoms with van der Waals surface area (Å²) in [7, 11) is 0. The molecule has 1 aromatic carbocycles. The second-order valence-corrected chi connectivity index (χ2v) is 3.45. The molecule has 0 radical (unpaired) electrons. The summed E-state index contributed by atoms with van der Waals surface area (Å²) in [5.74, 6) is 0. The van der Waals surface area contributed by atoms with Crippen LogP contribution >= 0.6 is 0 Å². The molecule has 0 saturated carbocycles. The molecule has 0 aliphatic heterocycles. The fraction of sp³-hybridized carbons (Fsp3) is 0.300. The lowest BCUT2D eigenvalue weighted by atomic mass is 10.2. The predicted molar refractivity (Wildman–Crippen MR) is 58.2 cm³/mol. The van der Waals surface area contributed by atoms with Crippen LogP contribution in [-0.2, 0) is 0 Å². The zero-order valence-electron chi connectivity index (χ0n) is 8.12. The minimum Gasteiger partial charge on any atom is -0.381 e. The van der Waals surface area contributed by atoms with E-state index in [1.54, 1.807) is 0 Å².